The van der Waals surface area contributed by atoms with Crippen molar-refractivity contribution in [2.24, 2.45) is 5.92 Å². The second kappa shape index (κ2) is 6.72. The number of amides is 2. The van der Waals surface area contributed by atoms with Crippen molar-refractivity contribution in [1.29, 1.82) is 0 Å². The summed E-state index contributed by atoms with van der Waals surface area (Å²) in [5.41, 5.74) is 2.48. The van der Waals surface area contributed by atoms with Crippen LogP contribution < -0.4 is 10.6 Å². The van der Waals surface area contributed by atoms with E-state index in [4.69, 9.17) is 0 Å². The van der Waals surface area contributed by atoms with E-state index >= 15 is 0 Å². The molecule has 1 heterocycles. The molecule has 0 saturated heterocycles. The summed E-state index contributed by atoms with van der Waals surface area (Å²) in [4.78, 5) is 25.7. The van der Waals surface area contributed by atoms with Crippen LogP contribution in [0.15, 0.2) is 24.3 Å². The molecule has 2 N–H and O–H groups in total. The summed E-state index contributed by atoms with van der Waals surface area (Å²) in [5, 5.41) is 5.89. The maximum Gasteiger partial charge on any atom is 0.239 e. The smallest absolute Gasteiger partial charge is 0.239 e. The number of nitrogens with zero attached hydrogens (tertiary/aromatic N) is 1. The summed E-state index contributed by atoms with van der Waals surface area (Å²) in [7, 11) is 3.37. The Morgan fingerprint density at radius 3 is 2.71 bits per heavy atom. The quantitative estimate of drug-likeness (QED) is 0.850. The Hall–Kier alpha value is -1.88. The average Bonchev–Trinajstić information content (AvgIpc) is 2.52. The standard InChI is InChI=1S/C16H23N3O2/c1-11(15(20)17-2)10-19(3)16(21)14-8-12-6-4-5-7-13(12)9-18-14/h4-7,11,14,18H,8-10H2,1-3H3,(H,17,20)/t11?,14-/m1/s1. The van der Waals surface area contributed by atoms with E-state index in [0.29, 0.717) is 19.5 Å². The fourth-order valence-electron chi connectivity index (χ4n) is 2.73. The number of benzene rings is 1. The van der Waals surface area contributed by atoms with Crippen molar-refractivity contribution in [3.05, 3.63) is 35.4 Å². The van der Waals surface area contributed by atoms with Crippen LogP contribution in [0.2, 0.25) is 0 Å². The molecule has 0 spiro atoms. The summed E-state index contributed by atoms with van der Waals surface area (Å²) in [6.07, 6.45) is 0.702. The number of hydrogen-bond acceptors (Lipinski definition) is 3. The van der Waals surface area contributed by atoms with E-state index in [2.05, 4.69) is 22.8 Å². The number of carbonyl (C=O) groups excluding carboxylic acids is 2. The van der Waals surface area contributed by atoms with Gasteiger partial charge >= 0.3 is 0 Å². The summed E-state index contributed by atoms with van der Waals surface area (Å²) >= 11 is 0. The molecule has 0 bridgehead atoms. The first kappa shape index (κ1) is 15.5. The molecular weight excluding hydrogens is 266 g/mol. The summed E-state index contributed by atoms with van der Waals surface area (Å²) in [6, 6.07) is 7.97. The van der Waals surface area contributed by atoms with Gasteiger partial charge in [0.25, 0.3) is 0 Å². The van der Waals surface area contributed by atoms with Gasteiger partial charge in [0, 0.05) is 27.2 Å². The summed E-state index contributed by atoms with van der Waals surface area (Å²) < 4.78 is 0. The predicted molar refractivity (Wildman–Crippen MR) is 81.6 cm³/mol. The molecule has 1 aliphatic heterocycles. The zero-order chi connectivity index (χ0) is 15.4. The van der Waals surface area contributed by atoms with Crippen molar-refractivity contribution in [3.63, 3.8) is 0 Å². The first-order valence-corrected chi connectivity index (χ1v) is 7.29. The Morgan fingerprint density at radius 2 is 2.05 bits per heavy atom. The minimum Gasteiger partial charge on any atom is -0.359 e. The maximum atomic E-state index is 12.5. The van der Waals surface area contributed by atoms with Crippen LogP contribution in [-0.4, -0.2) is 43.4 Å². The molecule has 1 aromatic rings. The minimum absolute atomic E-state index is 0.0419. The third-order valence-corrected chi connectivity index (χ3v) is 4.00. The average molecular weight is 289 g/mol. The second-order valence-electron chi connectivity index (χ2n) is 5.64. The highest BCUT2D eigenvalue weighted by Gasteiger charge is 2.27. The molecular formula is C16H23N3O2. The van der Waals surface area contributed by atoms with E-state index in [1.165, 1.54) is 11.1 Å². The van der Waals surface area contributed by atoms with Gasteiger partial charge in [-0.1, -0.05) is 31.2 Å². The Kier molecular flexibility index (Phi) is 4.96. The van der Waals surface area contributed by atoms with Gasteiger partial charge in [0.1, 0.15) is 0 Å². The van der Waals surface area contributed by atoms with Gasteiger partial charge in [-0.3, -0.25) is 9.59 Å². The SMILES string of the molecule is CNC(=O)C(C)CN(C)C(=O)[C@H]1Cc2ccccc2CN1. The van der Waals surface area contributed by atoms with Gasteiger partial charge in [-0.25, -0.2) is 0 Å². The first-order valence-electron chi connectivity index (χ1n) is 7.29. The number of carbonyl (C=O) groups is 2. The number of nitrogens with one attached hydrogen (secondary N) is 2. The first-order chi connectivity index (χ1) is 10.0. The van der Waals surface area contributed by atoms with E-state index in [1.807, 2.05) is 19.1 Å². The molecule has 0 fully saturated rings. The topological polar surface area (TPSA) is 61.4 Å². The van der Waals surface area contributed by atoms with Crippen LogP contribution in [0.3, 0.4) is 0 Å². The number of hydrogen-bond donors (Lipinski definition) is 2. The van der Waals surface area contributed by atoms with E-state index < -0.39 is 0 Å². The molecule has 0 saturated carbocycles. The number of likely N-dealkylation sites (N-methyl/N-ethyl adjacent to an activating group) is 1. The lowest BCUT2D eigenvalue weighted by molar-refractivity contribution is -0.134. The van der Waals surface area contributed by atoms with Crippen LogP contribution in [-0.2, 0) is 22.6 Å². The monoisotopic (exact) mass is 289 g/mol. The Balaban J connectivity index is 1.96. The number of rotatable bonds is 4. The van der Waals surface area contributed by atoms with Gasteiger partial charge < -0.3 is 15.5 Å². The van der Waals surface area contributed by atoms with Gasteiger partial charge in [0.15, 0.2) is 0 Å². The maximum absolute atomic E-state index is 12.5. The lowest BCUT2D eigenvalue weighted by Crippen LogP contribution is -2.49. The molecule has 2 atom stereocenters. The Morgan fingerprint density at radius 1 is 1.38 bits per heavy atom. The normalized spacial score (nSPS) is 18.5. The van der Waals surface area contributed by atoms with Gasteiger partial charge in [-0.05, 0) is 17.5 Å². The van der Waals surface area contributed by atoms with E-state index in [9.17, 15) is 9.59 Å². The Bertz CT molecular complexity index is 530. The summed E-state index contributed by atoms with van der Waals surface area (Å²) in [5.74, 6) is -0.211. The molecule has 2 amide bonds. The van der Waals surface area contributed by atoms with Crippen molar-refractivity contribution in [3.8, 4) is 0 Å². The molecule has 1 unspecified atom stereocenters. The third kappa shape index (κ3) is 3.61. The fraction of sp³-hybridized carbons (Fsp3) is 0.500. The molecule has 2 rings (SSSR count). The fourth-order valence-corrected chi connectivity index (χ4v) is 2.73. The highest BCUT2D eigenvalue weighted by Crippen LogP contribution is 2.17. The van der Waals surface area contributed by atoms with Crippen molar-refractivity contribution >= 4 is 11.8 Å². The molecule has 0 radical (unpaired) electrons. The van der Waals surface area contributed by atoms with Crippen molar-refractivity contribution < 1.29 is 9.59 Å². The van der Waals surface area contributed by atoms with Gasteiger partial charge in [0.05, 0.1) is 12.0 Å². The molecule has 0 aliphatic carbocycles. The van der Waals surface area contributed by atoms with E-state index in [0.717, 1.165) is 0 Å². The zero-order valence-electron chi connectivity index (χ0n) is 12.8. The van der Waals surface area contributed by atoms with Gasteiger partial charge in [0.2, 0.25) is 11.8 Å². The highest BCUT2D eigenvalue weighted by molar-refractivity contribution is 5.84. The van der Waals surface area contributed by atoms with Crippen molar-refractivity contribution in [1.82, 2.24) is 15.5 Å². The van der Waals surface area contributed by atoms with Crippen LogP contribution >= 0.6 is 0 Å². The third-order valence-electron chi connectivity index (χ3n) is 4.00. The van der Waals surface area contributed by atoms with Crippen LogP contribution in [0.1, 0.15) is 18.1 Å². The number of fused-ring (bicyclic) bond motifs is 1. The van der Waals surface area contributed by atoms with E-state index in [1.54, 1.807) is 19.0 Å². The largest absolute Gasteiger partial charge is 0.359 e. The van der Waals surface area contributed by atoms with Crippen LogP contribution in [0.5, 0.6) is 0 Å². The van der Waals surface area contributed by atoms with E-state index in [-0.39, 0.29) is 23.8 Å². The van der Waals surface area contributed by atoms with Crippen molar-refractivity contribution in [2.75, 3.05) is 20.6 Å². The highest BCUT2D eigenvalue weighted by atomic mass is 16.2. The molecule has 1 aromatic carbocycles. The molecule has 0 aromatic heterocycles. The second-order valence-corrected chi connectivity index (χ2v) is 5.64. The van der Waals surface area contributed by atoms with Crippen LogP contribution in [0, 0.1) is 5.92 Å². The summed E-state index contributed by atoms with van der Waals surface area (Å²) in [6.45, 7) is 2.97. The molecule has 114 valence electrons. The lowest BCUT2D eigenvalue weighted by atomic mass is 9.95. The molecule has 5 nitrogen and oxygen atoms in total. The minimum atomic E-state index is -0.208. The zero-order valence-corrected chi connectivity index (χ0v) is 12.8. The van der Waals surface area contributed by atoms with Crippen molar-refractivity contribution in [2.45, 2.75) is 25.9 Å². The Labute approximate surface area is 125 Å². The van der Waals surface area contributed by atoms with Gasteiger partial charge in [-0.2, -0.15) is 0 Å². The molecule has 5 heteroatoms. The van der Waals surface area contributed by atoms with Gasteiger partial charge in [-0.15, -0.1) is 0 Å². The lowest BCUT2D eigenvalue weighted by Gasteiger charge is -2.30. The predicted octanol–water partition coefficient (Wildman–Crippen LogP) is 0.541. The molecule has 21 heavy (non-hydrogen) atoms. The van der Waals surface area contributed by atoms with Crippen LogP contribution in [0.4, 0.5) is 0 Å². The van der Waals surface area contributed by atoms with Crippen LogP contribution in [0.25, 0.3) is 0 Å². The molecule has 1 aliphatic rings.